The summed E-state index contributed by atoms with van der Waals surface area (Å²) in [5.74, 6) is 0.472. The molecule has 0 amide bonds. The molecule has 1 N–H and O–H groups in total. The van der Waals surface area contributed by atoms with Crippen LogP contribution < -0.4 is 9.47 Å². The van der Waals surface area contributed by atoms with E-state index in [1.54, 1.807) is 30.3 Å². The van der Waals surface area contributed by atoms with Gasteiger partial charge in [0.2, 0.25) is 0 Å². The van der Waals surface area contributed by atoms with Crippen LogP contribution >= 0.6 is 0 Å². The van der Waals surface area contributed by atoms with E-state index in [0.717, 1.165) is 11.1 Å². The van der Waals surface area contributed by atoms with E-state index < -0.39 is 24.1 Å². The number of ketones is 1. The molecule has 178 valence electrons. The fraction of sp³-hybridized carbons (Fsp3) is 0.167. The van der Waals surface area contributed by atoms with Crippen molar-refractivity contribution in [1.82, 2.24) is 0 Å². The number of ether oxygens (including phenoxy) is 3. The predicted octanol–water partition coefficient (Wildman–Crippen LogP) is 5.79. The molecule has 0 aliphatic heterocycles. The molecule has 2 atom stereocenters. The van der Waals surface area contributed by atoms with Crippen LogP contribution in [0.5, 0.6) is 11.5 Å². The number of aliphatic hydroxyl groups is 1. The van der Waals surface area contributed by atoms with Crippen molar-refractivity contribution in [1.29, 1.82) is 0 Å². The van der Waals surface area contributed by atoms with Crippen molar-refractivity contribution in [2.75, 3.05) is 14.2 Å². The summed E-state index contributed by atoms with van der Waals surface area (Å²) in [4.78, 5) is 14.0. The molecular formula is C30H28O5. The van der Waals surface area contributed by atoms with Crippen molar-refractivity contribution in [2.24, 2.45) is 0 Å². The number of Topliss-reactive ketones (excluding diaryl/α,β-unsaturated/α-hetero) is 1. The van der Waals surface area contributed by atoms with Gasteiger partial charge in [-0.1, -0.05) is 91.0 Å². The molecule has 5 nitrogen and oxygen atoms in total. The second-order valence-electron chi connectivity index (χ2n) is 8.04. The molecule has 0 radical (unpaired) electrons. The van der Waals surface area contributed by atoms with Gasteiger partial charge in [-0.05, 0) is 34.9 Å². The summed E-state index contributed by atoms with van der Waals surface area (Å²) < 4.78 is 17.3. The summed E-state index contributed by atoms with van der Waals surface area (Å²) in [5.41, 5.74) is 2.59. The van der Waals surface area contributed by atoms with Crippen LogP contribution in [0.15, 0.2) is 109 Å². The van der Waals surface area contributed by atoms with E-state index in [2.05, 4.69) is 0 Å². The predicted molar refractivity (Wildman–Crippen MR) is 135 cm³/mol. The molecular weight excluding hydrogens is 440 g/mol. The SMILES string of the molecule is COc1ccc(OC)c(C(=O)[C@H](OC(c2ccccc2)c2ccccc2)[C@@H](O)c2ccccc2)c1. The lowest BCUT2D eigenvalue weighted by Gasteiger charge is -2.29. The van der Waals surface area contributed by atoms with Crippen molar-refractivity contribution in [3.63, 3.8) is 0 Å². The first-order valence-corrected chi connectivity index (χ1v) is 11.4. The van der Waals surface area contributed by atoms with E-state index in [1.807, 2.05) is 78.9 Å². The quantitative estimate of drug-likeness (QED) is 0.298. The Bertz CT molecular complexity index is 1190. The first-order chi connectivity index (χ1) is 17.1. The highest BCUT2D eigenvalue weighted by molar-refractivity contribution is 6.02. The van der Waals surface area contributed by atoms with Gasteiger partial charge in [-0.15, -0.1) is 0 Å². The van der Waals surface area contributed by atoms with Gasteiger partial charge in [-0.25, -0.2) is 0 Å². The third-order valence-electron chi connectivity index (χ3n) is 5.85. The van der Waals surface area contributed by atoms with E-state index in [-0.39, 0.29) is 5.56 Å². The van der Waals surface area contributed by atoms with Crippen LogP contribution in [0.1, 0.15) is 39.3 Å². The molecule has 35 heavy (non-hydrogen) atoms. The monoisotopic (exact) mass is 468 g/mol. The molecule has 4 rings (SSSR count). The summed E-state index contributed by atoms with van der Waals surface area (Å²) in [6.45, 7) is 0. The number of benzene rings is 4. The molecule has 0 saturated heterocycles. The minimum Gasteiger partial charge on any atom is -0.497 e. The smallest absolute Gasteiger partial charge is 0.198 e. The van der Waals surface area contributed by atoms with Crippen LogP contribution in [0.4, 0.5) is 0 Å². The Balaban J connectivity index is 1.81. The number of hydrogen-bond donors (Lipinski definition) is 1. The largest absolute Gasteiger partial charge is 0.497 e. The van der Waals surface area contributed by atoms with Crippen LogP contribution in [0.3, 0.4) is 0 Å². The molecule has 0 bridgehead atoms. The standard InChI is InChI=1S/C30H28O5/c1-33-24-18-19-26(34-2)25(20-24)28(32)30(27(31)21-12-6-3-7-13-21)35-29(22-14-8-4-9-15-22)23-16-10-5-11-17-23/h3-20,27,29-31H,1-2H3/t27-,30+/m0/s1. The topological polar surface area (TPSA) is 65.0 Å². The van der Waals surface area contributed by atoms with Gasteiger partial charge in [-0.3, -0.25) is 4.79 Å². The van der Waals surface area contributed by atoms with Gasteiger partial charge in [0.1, 0.15) is 23.7 Å². The van der Waals surface area contributed by atoms with Crippen LogP contribution in [-0.4, -0.2) is 31.2 Å². The number of rotatable bonds is 10. The molecule has 0 heterocycles. The summed E-state index contributed by atoms with van der Waals surface area (Å²) in [5, 5.41) is 11.4. The first kappa shape index (κ1) is 24.2. The maximum Gasteiger partial charge on any atom is 0.198 e. The molecule has 0 unspecified atom stereocenters. The van der Waals surface area contributed by atoms with Crippen LogP contribution in [-0.2, 0) is 4.74 Å². The zero-order valence-corrected chi connectivity index (χ0v) is 19.7. The van der Waals surface area contributed by atoms with Crippen molar-refractivity contribution in [3.8, 4) is 11.5 Å². The lowest BCUT2D eigenvalue weighted by atomic mass is 9.94. The van der Waals surface area contributed by atoms with Gasteiger partial charge in [0, 0.05) is 0 Å². The van der Waals surface area contributed by atoms with Crippen LogP contribution in [0, 0.1) is 0 Å². The second-order valence-corrected chi connectivity index (χ2v) is 8.04. The molecule has 0 aromatic heterocycles. The third kappa shape index (κ3) is 5.60. The third-order valence-corrected chi connectivity index (χ3v) is 5.85. The highest BCUT2D eigenvalue weighted by atomic mass is 16.5. The Morgan fingerprint density at radius 1 is 0.686 bits per heavy atom. The molecule has 0 fully saturated rings. The van der Waals surface area contributed by atoms with E-state index in [4.69, 9.17) is 14.2 Å². The summed E-state index contributed by atoms with van der Waals surface area (Å²) in [6.07, 6.45) is -3.01. The zero-order chi connectivity index (χ0) is 24.6. The number of hydrogen-bond acceptors (Lipinski definition) is 5. The van der Waals surface area contributed by atoms with Crippen LogP contribution in [0.2, 0.25) is 0 Å². The minimum absolute atomic E-state index is 0.270. The Hall–Kier alpha value is -3.93. The molecule has 0 aliphatic rings. The maximum atomic E-state index is 14.0. The Morgan fingerprint density at radius 3 is 1.69 bits per heavy atom. The molecule has 5 heteroatoms. The molecule has 4 aromatic rings. The molecule has 0 saturated carbocycles. The van der Waals surface area contributed by atoms with Gasteiger partial charge in [0.05, 0.1) is 19.8 Å². The van der Waals surface area contributed by atoms with Crippen molar-refractivity contribution in [2.45, 2.75) is 18.3 Å². The first-order valence-electron chi connectivity index (χ1n) is 11.4. The maximum absolute atomic E-state index is 14.0. The highest BCUT2D eigenvalue weighted by Crippen LogP contribution is 2.35. The van der Waals surface area contributed by atoms with Crippen molar-refractivity contribution in [3.05, 3.63) is 131 Å². The Morgan fingerprint density at radius 2 is 1.20 bits per heavy atom. The normalized spacial score (nSPS) is 12.7. The van der Waals surface area contributed by atoms with Crippen molar-refractivity contribution >= 4 is 5.78 Å². The number of methoxy groups -OCH3 is 2. The molecule has 0 aliphatic carbocycles. The fourth-order valence-electron chi connectivity index (χ4n) is 4.02. The van der Waals surface area contributed by atoms with Gasteiger partial charge >= 0.3 is 0 Å². The number of aliphatic hydroxyl groups excluding tert-OH is 1. The van der Waals surface area contributed by atoms with E-state index in [0.29, 0.717) is 17.1 Å². The van der Waals surface area contributed by atoms with Crippen LogP contribution in [0.25, 0.3) is 0 Å². The van der Waals surface area contributed by atoms with E-state index >= 15 is 0 Å². The Kier molecular flexibility index (Phi) is 7.93. The minimum atomic E-state index is -1.22. The lowest BCUT2D eigenvalue weighted by Crippen LogP contribution is -2.33. The van der Waals surface area contributed by atoms with Gasteiger partial charge in [-0.2, -0.15) is 0 Å². The number of carbonyl (C=O) groups is 1. The van der Waals surface area contributed by atoms with Gasteiger partial charge in [0.15, 0.2) is 11.9 Å². The molecule has 0 spiro atoms. The highest BCUT2D eigenvalue weighted by Gasteiger charge is 2.35. The van der Waals surface area contributed by atoms with E-state index in [9.17, 15) is 9.90 Å². The summed E-state index contributed by atoms with van der Waals surface area (Å²) in [6, 6.07) is 33.3. The average molecular weight is 469 g/mol. The van der Waals surface area contributed by atoms with Crippen molar-refractivity contribution < 1.29 is 24.1 Å². The molecule has 4 aromatic carbocycles. The zero-order valence-electron chi connectivity index (χ0n) is 19.7. The lowest BCUT2D eigenvalue weighted by molar-refractivity contribution is -0.0489. The Labute approximate surface area is 205 Å². The number of carbonyl (C=O) groups excluding carboxylic acids is 1. The van der Waals surface area contributed by atoms with Gasteiger partial charge < -0.3 is 19.3 Å². The fourth-order valence-corrected chi connectivity index (χ4v) is 4.02. The second kappa shape index (κ2) is 11.5. The summed E-state index contributed by atoms with van der Waals surface area (Å²) >= 11 is 0. The van der Waals surface area contributed by atoms with E-state index in [1.165, 1.54) is 14.2 Å². The summed E-state index contributed by atoms with van der Waals surface area (Å²) in [7, 11) is 3.03. The van der Waals surface area contributed by atoms with Gasteiger partial charge in [0.25, 0.3) is 0 Å². The average Bonchev–Trinajstić information content (AvgIpc) is 2.94.